The third-order valence-corrected chi connectivity index (χ3v) is 4.05. The molecule has 0 radical (unpaired) electrons. The van der Waals surface area contributed by atoms with Crippen LogP contribution in [0, 0.1) is 5.92 Å². The Hall–Kier alpha value is -0.570. The summed E-state index contributed by atoms with van der Waals surface area (Å²) in [5.74, 6) is 0.297. The lowest BCUT2D eigenvalue weighted by Gasteiger charge is -2.31. The van der Waals surface area contributed by atoms with Crippen molar-refractivity contribution in [1.29, 1.82) is 0 Å². The highest BCUT2D eigenvalue weighted by molar-refractivity contribution is 6.30. The predicted octanol–water partition coefficient (Wildman–Crippen LogP) is 3.93. The van der Waals surface area contributed by atoms with Crippen LogP contribution in [0.5, 0.6) is 0 Å². The van der Waals surface area contributed by atoms with Gasteiger partial charge in [-0.05, 0) is 51.8 Å². The zero-order chi connectivity index (χ0) is 13.6. The number of benzene rings is 1. The van der Waals surface area contributed by atoms with Gasteiger partial charge in [-0.1, -0.05) is 23.7 Å². The molecule has 1 aliphatic heterocycles. The van der Waals surface area contributed by atoms with Gasteiger partial charge in [0.15, 0.2) is 0 Å². The molecule has 0 bridgehead atoms. The number of hydrogen-bond donors (Lipinski definition) is 1. The first kappa shape index (κ1) is 13.9. The Bertz CT molecular complexity index is 442. The van der Waals surface area contributed by atoms with Crippen LogP contribution in [-0.4, -0.2) is 11.2 Å². The van der Waals surface area contributed by atoms with Gasteiger partial charge in [-0.15, -0.1) is 0 Å². The predicted molar refractivity (Wildman–Crippen MR) is 75.7 cm³/mol. The molecule has 1 fully saturated rings. The van der Waals surface area contributed by atoms with Crippen LogP contribution in [0.1, 0.15) is 45.7 Å². The fraction of sp³-hybridized carbons (Fsp3) is 0.600. The molecule has 1 aromatic carbocycles. The molecule has 2 rings (SSSR count). The largest absolute Gasteiger partial charge is 0.369 e. The van der Waals surface area contributed by atoms with Crippen molar-refractivity contribution in [2.75, 3.05) is 0 Å². The summed E-state index contributed by atoms with van der Waals surface area (Å²) in [7, 11) is 0. The van der Waals surface area contributed by atoms with Crippen molar-refractivity contribution < 1.29 is 4.74 Å². The summed E-state index contributed by atoms with van der Waals surface area (Å²) in [6, 6.07) is 7.77. The molecule has 100 valence electrons. The zero-order valence-corrected chi connectivity index (χ0v) is 12.3. The Morgan fingerprint density at radius 1 is 1.33 bits per heavy atom. The molecule has 1 heterocycles. The molecule has 2 N–H and O–H groups in total. The van der Waals surface area contributed by atoms with E-state index in [1.807, 2.05) is 24.3 Å². The Morgan fingerprint density at radius 3 is 2.50 bits per heavy atom. The maximum atomic E-state index is 6.43. The average molecular weight is 268 g/mol. The molecule has 0 amide bonds. The molecule has 2 atom stereocenters. The molecule has 0 aromatic heterocycles. The first-order valence-electron chi connectivity index (χ1n) is 6.42. The van der Waals surface area contributed by atoms with Gasteiger partial charge < -0.3 is 10.5 Å². The normalized spacial score (nSPS) is 27.1. The van der Waals surface area contributed by atoms with Crippen molar-refractivity contribution in [2.24, 2.45) is 11.7 Å². The maximum Gasteiger partial charge on any atom is 0.0680 e. The first-order chi connectivity index (χ1) is 8.21. The summed E-state index contributed by atoms with van der Waals surface area (Å²) in [4.78, 5) is 0. The van der Waals surface area contributed by atoms with Crippen molar-refractivity contribution in [3.05, 3.63) is 34.9 Å². The minimum absolute atomic E-state index is 0.0412. The third-order valence-electron chi connectivity index (χ3n) is 3.81. The zero-order valence-electron chi connectivity index (χ0n) is 11.5. The van der Waals surface area contributed by atoms with E-state index in [9.17, 15) is 0 Å². The molecular weight excluding hydrogens is 246 g/mol. The van der Waals surface area contributed by atoms with E-state index in [1.54, 1.807) is 0 Å². The van der Waals surface area contributed by atoms with Crippen LogP contribution in [0.15, 0.2) is 24.3 Å². The van der Waals surface area contributed by atoms with Gasteiger partial charge >= 0.3 is 0 Å². The van der Waals surface area contributed by atoms with Crippen LogP contribution in [-0.2, 0) is 4.74 Å². The van der Waals surface area contributed by atoms with E-state index in [4.69, 9.17) is 22.1 Å². The van der Waals surface area contributed by atoms with E-state index in [-0.39, 0.29) is 17.2 Å². The molecule has 2 unspecified atom stereocenters. The molecule has 0 aliphatic carbocycles. The highest BCUT2D eigenvalue weighted by Gasteiger charge is 2.48. The third kappa shape index (κ3) is 2.71. The summed E-state index contributed by atoms with van der Waals surface area (Å²) in [6.45, 7) is 8.49. The Kier molecular flexibility index (Phi) is 3.48. The van der Waals surface area contributed by atoms with Gasteiger partial charge in [0.25, 0.3) is 0 Å². The van der Waals surface area contributed by atoms with Gasteiger partial charge in [-0.25, -0.2) is 0 Å². The Labute approximate surface area is 114 Å². The van der Waals surface area contributed by atoms with E-state index in [2.05, 4.69) is 27.7 Å². The number of rotatable bonds is 2. The minimum Gasteiger partial charge on any atom is -0.369 e. The lowest BCUT2D eigenvalue weighted by Crippen LogP contribution is -2.35. The molecule has 1 aliphatic rings. The summed E-state index contributed by atoms with van der Waals surface area (Å²) >= 11 is 6.04. The van der Waals surface area contributed by atoms with Gasteiger partial charge in [0.05, 0.1) is 11.2 Å². The van der Waals surface area contributed by atoms with Crippen molar-refractivity contribution in [3.63, 3.8) is 0 Å². The molecule has 3 heteroatoms. The molecule has 1 saturated heterocycles. The average Bonchev–Trinajstić information content (AvgIpc) is 2.45. The second-order valence-electron chi connectivity index (χ2n) is 6.36. The summed E-state index contributed by atoms with van der Waals surface area (Å²) in [5.41, 5.74) is 7.20. The van der Waals surface area contributed by atoms with Gasteiger partial charge in [0.2, 0.25) is 0 Å². The lowest BCUT2D eigenvalue weighted by atomic mass is 9.79. The fourth-order valence-electron chi connectivity index (χ4n) is 3.11. The van der Waals surface area contributed by atoms with E-state index in [1.165, 1.54) is 0 Å². The van der Waals surface area contributed by atoms with E-state index >= 15 is 0 Å². The lowest BCUT2D eigenvalue weighted by molar-refractivity contribution is -0.0767. The van der Waals surface area contributed by atoms with E-state index in [0.29, 0.717) is 5.92 Å². The fourth-order valence-corrected chi connectivity index (χ4v) is 3.31. The van der Waals surface area contributed by atoms with Crippen LogP contribution >= 0.6 is 11.6 Å². The van der Waals surface area contributed by atoms with Crippen molar-refractivity contribution in [1.82, 2.24) is 0 Å². The van der Waals surface area contributed by atoms with Gasteiger partial charge in [-0.2, -0.15) is 0 Å². The number of halogens is 1. The minimum atomic E-state index is -0.203. The standard InChI is InChI=1S/C15H22ClNO/c1-14(2)9-12(15(3,4)18-14)13(17)10-6-5-7-11(16)8-10/h5-8,12-13H,9,17H2,1-4H3. The maximum absolute atomic E-state index is 6.43. The quantitative estimate of drug-likeness (QED) is 0.881. The van der Waals surface area contributed by atoms with Crippen LogP contribution in [0.4, 0.5) is 0 Å². The van der Waals surface area contributed by atoms with E-state index in [0.717, 1.165) is 17.0 Å². The smallest absolute Gasteiger partial charge is 0.0680 e. The molecule has 1 aromatic rings. The Balaban J connectivity index is 2.26. The van der Waals surface area contributed by atoms with Crippen LogP contribution in [0.25, 0.3) is 0 Å². The van der Waals surface area contributed by atoms with Crippen LogP contribution < -0.4 is 5.73 Å². The number of ether oxygens (including phenoxy) is 1. The second-order valence-corrected chi connectivity index (χ2v) is 6.79. The molecule has 2 nitrogen and oxygen atoms in total. The molecule has 18 heavy (non-hydrogen) atoms. The van der Waals surface area contributed by atoms with Crippen LogP contribution in [0.2, 0.25) is 5.02 Å². The number of hydrogen-bond acceptors (Lipinski definition) is 2. The SMILES string of the molecule is CC1(C)CC(C(N)c2cccc(Cl)c2)C(C)(C)O1. The topological polar surface area (TPSA) is 35.2 Å². The van der Waals surface area contributed by atoms with Crippen molar-refractivity contribution in [3.8, 4) is 0 Å². The summed E-state index contributed by atoms with van der Waals surface area (Å²) in [5, 5.41) is 0.735. The highest BCUT2D eigenvalue weighted by atomic mass is 35.5. The monoisotopic (exact) mass is 267 g/mol. The highest BCUT2D eigenvalue weighted by Crippen LogP contribution is 2.46. The molecule has 0 saturated carbocycles. The van der Waals surface area contributed by atoms with Crippen molar-refractivity contribution >= 4 is 11.6 Å². The summed E-state index contributed by atoms with van der Waals surface area (Å²) in [6.07, 6.45) is 0.966. The van der Waals surface area contributed by atoms with E-state index < -0.39 is 0 Å². The van der Waals surface area contributed by atoms with Gasteiger partial charge in [0, 0.05) is 17.0 Å². The number of nitrogens with two attached hydrogens (primary N) is 1. The summed E-state index contributed by atoms with van der Waals surface area (Å²) < 4.78 is 6.11. The molecule has 0 spiro atoms. The van der Waals surface area contributed by atoms with Gasteiger partial charge in [0.1, 0.15) is 0 Å². The molecular formula is C15H22ClNO. The van der Waals surface area contributed by atoms with Crippen molar-refractivity contribution in [2.45, 2.75) is 51.4 Å². The van der Waals surface area contributed by atoms with Gasteiger partial charge in [-0.3, -0.25) is 0 Å². The first-order valence-corrected chi connectivity index (χ1v) is 6.80. The van der Waals surface area contributed by atoms with Crippen LogP contribution in [0.3, 0.4) is 0 Å². The second kappa shape index (κ2) is 4.52. The Morgan fingerprint density at radius 2 is 2.00 bits per heavy atom.